The minimum Gasteiger partial charge on any atom is -0.491 e. The monoisotopic (exact) mass is 338 g/mol. The average molecular weight is 339 g/mol. The van der Waals surface area contributed by atoms with E-state index in [1.807, 2.05) is 6.92 Å². The van der Waals surface area contributed by atoms with Gasteiger partial charge in [0.05, 0.1) is 6.61 Å². The highest BCUT2D eigenvalue weighted by molar-refractivity contribution is 5.92. The number of allylic oxidation sites excluding steroid dienone is 1. The van der Waals surface area contributed by atoms with Crippen molar-refractivity contribution in [3.63, 3.8) is 0 Å². The molecule has 0 aliphatic heterocycles. The second kappa shape index (κ2) is 18.5. The Bertz CT molecular complexity index is 296. The molecule has 0 aromatic heterocycles. The van der Waals surface area contributed by atoms with E-state index in [1.165, 1.54) is 83.5 Å². The molecule has 0 aliphatic carbocycles. The zero-order valence-corrected chi connectivity index (χ0v) is 16.5. The first-order valence-electron chi connectivity index (χ1n) is 10.6. The van der Waals surface area contributed by atoms with Crippen molar-refractivity contribution in [3.8, 4) is 0 Å². The van der Waals surface area contributed by atoms with Gasteiger partial charge in [-0.15, -0.1) is 0 Å². The molecule has 0 N–H and O–H groups in total. The summed E-state index contributed by atoms with van der Waals surface area (Å²) in [6.07, 6.45) is 20.8. The summed E-state index contributed by atoms with van der Waals surface area (Å²) in [7, 11) is 0. The number of unbranched alkanes of at least 4 members (excludes halogenated alkanes) is 14. The Labute approximate surface area is 151 Å². The van der Waals surface area contributed by atoms with Gasteiger partial charge in [-0.25, -0.2) is 0 Å². The summed E-state index contributed by atoms with van der Waals surface area (Å²) in [5.74, 6) is 0.411. The molecular formula is C22H42O2. The molecule has 0 aromatic carbocycles. The summed E-state index contributed by atoms with van der Waals surface area (Å²) in [6.45, 7) is 8.35. The molecule has 0 aromatic rings. The largest absolute Gasteiger partial charge is 0.491 e. The van der Waals surface area contributed by atoms with Gasteiger partial charge in [0.1, 0.15) is 0 Å². The minimum absolute atomic E-state index is 0.0755. The number of Topliss-reactive ketones (excluding diaryl/α,β-unsaturated/α-hetero) is 1. The lowest BCUT2D eigenvalue weighted by Crippen LogP contribution is -2.04. The number of ether oxygens (including phenoxy) is 1. The van der Waals surface area contributed by atoms with Gasteiger partial charge in [-0.3, -0.25) is 4.79 Å². The lowest BCUT2D eigenvalue weighted by atomic mass is 10.0. The smallest absolute Gasteiger partial charge is 0.196 e. The molecule has 2 nitrogen and oxygen atoms in total. The van der Waals surface area contributed by atoms with Gasteiger partial charge >= 0.3 is 0 Å². The van der Waals surface area contributed by atoms with E-state index < -0.39 is 0 Å². The number of carbonyl (C=O) groups excluding carboxylic acids is 1. The maximum Gasteiger partial charge on any atom is 0.196 e. The SMILES string of the molecule is C=C(OCC)C(=O)CCCCCCCCCCCCCCCCC. The van der Waals surface area contributed by atoms with E-state index in [0.717, 1.165) is 12.8 Å². The van der Waals surface area contributed by atoms with Crippen LogP contribution in [0.4, 0.5) is 0 Å². The summed E-state index contributed by atoms with van der Waals surface area (Å²) in [4.78, 5) is 11.6. The number of hydrogen-bond acceptors (Lipinski definition) is 2. The molecule has 0 rings (SSSR count). The standard InChI is InChI=1S/C22H42O2/c1-4-6-7-8-9-10-11-12-13-14-15-16-17-18-19-20-22(23)21(3)24-5-2/h3-20H2,1-2H3. The quantitative estimate of drug-likeness (QED) is 0.140. The van der Waals surface area contributed by atoms with Crippen LogP contribution in [0.15, 0.2) is 12.3 Å². The highest BCUT2D eigenvalue weighted by Gasteiger charge is 2.06. The van der Waals surface area contributed by atoms with Gasteiger partial charge in [0.25, 0.3) is 0 Å². The minimum atomic E-state index is 0.0755. The first kappa shape index (κ1) is 23.2. The predicted molar refractivity (Wildman–Crippen MR) is 105 cm³/mol. The predicted octanol–water partition coefficient (Wildman–Crippen LogP) is 7.37. The second-order valence-electron chi connectivity index (χ2n) is 6.98. The van der Waals surface area contributed by atoms with Gasteiger partial charge in [-0.1, -0.05) is 103 Å². The summed E-state index contributed by atoms with van der Waals surface area (Å²) in [5, 5.41) is 0. The molecule has 0 unspecified atom stereocenters. The van der Waals surface area contributed by atoms with Crippen molar-refractivity contribution in [2.75, 3.05) is 6.61 Å². The van der Waals surface area contributed by atoms with Crippen molar-refractivity contribution in [1.29, 1.82) is 0 Å². The molecule has 0 fully saturated rings. The first-order chi connectivity index (χ1) is 11.7. The molecule has 0 amide bonds. The van der Waals surface area contributed by atoms with Crippen molar-refractivity contribution in [1.82, 2.24) is 0 Å². The molecule has 0 heterocycles. The Morgan fingerprint density at radius 3 is 1.42 bits per heavy atom. The molecular weight excluding hydrogens is 296 g/mol. The maximum atomic E-state index is 11.6. The van der Waals surface area contributed by atoms with Gasteiger partial charge in [0.15, 0.2) is 11.5 Å². The van der Waals surface area contributed by atoms with Crippen molar-refractivity contribution >= 4 is 5.78 Å². The van der Waals surface area contributed by atoms with E-state index in [4.69, 9.17) is 4.74 Å². The van der Waals surface area contributed by atoms with Gasteiger partial charge < -0.3 is 4.74 Å². The highest BCUT2D eigenvalue weighted by atomic mass is 16.5. The fourth-order valence-electron chi connectivity index (χ4n) is 3.05. The van der Waals surface area contributed by atoms with E-state index in [2.05, 4.69) is 13.5 Å². The Kier molecular flexibility index (Phi) is 17.9. The lowest BCUT2D eigenvalue weighted by molar-refractivity contribution is -0.118. The van der Waals surface area contributed by atoms with E-state index in [9.17, 15) is 4.79 Å². The summed E-state index contributed by atoms with van der Waals surface area (Å²) in [5.41, 5.74) is 0. The van der Waals surface area contributed by atoms with Crippen LogP contribution in [0.3, 0.4) is 0 Å². The molecule has 142 valence electrons. The maximum absolute atomic E-state index is 11.6. The second-order valence-corrected chi connectivity index (χ2v) is 6.98. The van der Waals surface area contributed by atoms with Crippen LogP contribution in [0.1, 0.15) is 117 Å². The number of carbonyl (C=O) groups is 1. The van der Waals surface area contributed by atoms with Crippen LogP contribution in [0.25, 0.3) is 0 Å². The lowest BCUT2D eigenvalue weighted by Gasteiger charge is -2.05. The van der Waals surface area contributed by atoms with Crippen LogP contribution in [-0.4, -0.2) is 12.4 Å². The number of ketones is 1. The van der Waals surface area contributed by atoms with E-state index in [0.29, 0.717) is 18.8 Å². The van der Waals surface area contributed by atoms with Crippen LogP contribution in [-0.2, 0) is 9.53 Å². The molecule has 0 saturated heterocycles. The summed E-state index contributed by atoms with van der Waals surface area (Å²) < 4.78 is 5.13. The van der Waals surface area contributed by atoms with Crippen LogP contribution in [0.2, 0.25) is 0 Å². The third-order valence-corrected chi connectivity index (χ3v) is 4.64. The van der Waals surface area contributed by atoms with Crippen molar-refractivity contribution in [2.24, 2.45) is 0 Å². The molecule has 0 radical (unpaired) electrons. The molecule has 0 spiro atoms. The third kappa shape index (κ3) is 16.1. The number of hydrogen-bond donors (Lipinski definition) is 0. The summed E-state index contributed by atoms with van der Waals surface area (Å²) >= 11 is 0. The zero-order chi connectivity index (χ0) is 17.9. The normalized spacial score (nSPS) is 10.8. The van der Waals surface area contributed by atoms with Crippen LogP contribution < -0.4 is 0 Å². The first-order valence-corrected chi connectivity index (χ1v) is 10.6. The number of rotatable bonds is 19. The Balaban J connectivity index is 3.15. The average Bonchev–Trinajstić information content (AvgIpc) is 2.58. The van der Waals surface area contributed by atoms with E-state index in [1.54, 1.807) is 0 Å². The third-order valence-electron chi connectivity index (χ3n) is 4.64. The molecule has 24 heavy (non-hydrogen) atoms. The van der Waals surface area contributed by atoms with Crippen molar-refractivity contribution in [3.05, 3.63) is 12.3 Å². The molecule has 0 aliphatic rings. The fraction of sp³-hybridized carbons (Fsp3) is 0.864. The molecule has 0 saturated carbocycles. The van der Waals surface area contributed by atoms with Crippen molar-refractivity contribution < 1.29 is 9.53 Å². The van der Waals surface area contributed by atoms with E-state index >= 15 is 0 Å². The Hall–Kier alpha value is -0.790. The molecule has 2 heteroatoms. The zero-order valence-electron chi connectivity index (χ0n) is 16.5. The van der Waals surface area contributed by atoms with Crippen LogP contribution in [0, 0.1) is 0 Å². The van der Waals surface area contributed by atoms with Gasteiger partial charge in [0.2, 0.25) is 0 Å². The Morgan fingerprint density at radius 2 is 1.04 bits per heavy atom. The summed E-state index contributed by atoms with van der Waals surface area (Å²) in [6, 6.07) is 0. The van der Waals surface area contributed by atoms with Crippen LogP contribution in [0.5, 0.6) is 0 Å². The fourth-order valence-corrected chi connectivity index (χ4v) is 3.05. The highest BCUT2D eigenvalue weighted by Crippen LogP contribution is 2.14. The van der Waals surface area contributed by atoms with Crippen molar-refractivity contribution in [2.45, 2.75) is 117 Å². The molecule has 0 bridgehead atoms. The van der Waals surface area contributed by atoms with E-state index in [-0.39, 0.29) is 5.78 Å². The van der Waals surface area contributed by atoms with Gasteiger partial charge in [0, 0.05) is 6.42 Å². The van der Waals surface area contributed by atoms with Gasteiger partial charge in [-0.2, -0.15) is 0 Å². The Morgan fingerprint density at radius 1 is 0.667 bits per heavy atom. The van der Waals surface area contributed by atoms with Gasteiger partial charge in [-0.05, 0) is 13.3 Å². The topological polar surface area (TPSA) is 26.3 Å². The molecule has 0 atom stereocenters. The van der Waals surface area contributed by atoms with Crippen LogP contribution >= 0.6 is 0 Å².